The molecule has 0 N–H and O–H groups in total. The Bertz CT molecular complexity index is 542. The zero-order chi connectivity index (χ0) is 15.9. The van der Waals surface area contributed by atoms with Crippen molar-refractivity contribution in [2.45, 2.75) is 50.4 Å². The zero-order valence-corrected chi connectivity index (χ0v) is 12.4. The summed E-state index contributed by atoms with van der Waals surface area (Å²) in [4.78, 5) is 18.3. The minimum Gasteiger partial charge on any atom is -0.300 e. The molecule has 0 amide bonds. The van der Waals surface area contributed by atoms with Crippen molar-refractivity contribution in [1.29, 1.82) is 0 Å². The fraction of sp³-hybridized carbons (Fsp3) is 0.625. The smallest absolute Gasteiger partial charge is 0.300 e. The highest BCUT2D eigenvalue weighted by Crippen LogP contribution is 2.37. The van der Waals surface area contributed by atoms with E-state index in [-0.39, 0.29) is 11.7 Å². The van der Waals surface area contributed by atoms with E-state index < -0.39 is 11.9 Å². The van der Waals surface area contributed by atoms with Gasteiger partial charge in [-0.2, -0.15) is 13.2 Å². The van der Waals surface area contributed by atoms with Crippen LogP contribution in [0.3, 0.4) is 0 Å². The van der Waals surface area contributed by atoms with E-state index in [1.807, 2.05) is 0 Å². The van der Waals surface area contributed by atoms with Crippen molar-refractivity contribution in [3.05, 3.63) is 29.6 Å². The van der Waals surface area contributed by atoms with E-state index in [2.05, 4.69) is 16.9 Å². The number of pyridine rings is 1. The van der Waals surface area contributed by atoms with Gasteiger partial charge in [0.2, 0.25) is 0 Å². The van der Waals surface area contributed by atoms with Crippen molar-refractivity contribution in [2.24, 2.45) is 5.92 Å². The molecule has 0 radical (unpaired) electrons. The first-order valence-electron chi connectivity index (χ1n) is 7.65. The van der Waals surface area contributed by atoms with Crippen molar-refractivity contribution in [3.8, 4) is 0 Å². The molecule has 0 aromatic carbocycles. The monoisotopic (exact) mass is 312 g/mol. The van der Waals surface area contributed by atoms with Gasteiger partial charge in [0.1, 0.15) is 5.69 Å². The molecule has 2 atom stereocenters. The van der Waals surface area contributed by atoms with Gasteiger partial charge in [-0.1, -0.05) is 6.42 Å². The average molecular weight is 312 g/mol. The largest absolute Gasteiger partial charge is 0.433 e. The Labute approximate surface area is 127 Å². The Morgan fingerprint density at radius 2 is 1.86 bits per heavy atom. The van der Waals surface area contributed by atoms with Crippen molar-refractivity contribution in [3.63, 3.8) is 0 Å². The second-order valence-corrected chi connectivity index (χ2v) is 6.37. The molecule has 2 aliphatic heterocycles. The molecule has 2 fully saturated rings. The molecule has 0 saturated carbocycles. The highest BCUT2D eigenvalue weighted by atomic mass is 19.4. The number of carbonyl (C=O) groups is 1. The highest BCUT2D eigenvalue weighted by molar-refractivity contribution is 5.97. The van der Waals surface area contributed by atoms with Crippen LogP contribution in [0.5, 0.6) is 0 Å². The maximum absolute atomic E-state index is 12.6. The summed E-state index contributed by atoms with van der Waals surface area (Å²) < 4.78 is 37.6. The summed E-state index contributed by atoms with van der Waals surface area (Å²) in [5.74, 6) is -0.156. The lowest BCUT2D eigenvalue weighted by molar-refractivity contribution is -0.141. The van der Waals surface area contributed by atoms with Crippen LogP contribution in [0.15, 0.2) is 18.3 Å². The van der Waals surface area contributed by atoms with E-state index in [0.29, 0.717) is 17.6 Å². The number of alkyl halides is 3. The molecule has 0 aliphatic carbocycles. The van der Waals surface area contributed by atoms with Crippen LogP contribution in [-0.4, -0.2) is 34.8 Å². The predicted octanol–water partition coefficient (Wildman–Crippen LogP) is 3.55. The van der Waals surface area contributed by atoms with Crippen LogP contribution < -0.4 is 0 Å². The first-order chi connectivity index (χ1) is 10.4. The number of piperidine rings is 2. The van der Waals surface area contributed by atoms with Gasteiger partial charge < -0.3 is 4.90 Å². The summed E-state index contributed by atoms with van der Waals surface area (Å²) >= 11 is 0. The van der Waals surface area contributed by atoms with Gasteiger partial charge in [0, 0.05) is 29.8 Å². The molecule has 3 heterocycles. The molecule has 2 aliphatic rings. The second kappa shape index (κ2) is 5.65. The number of rotatable bonds is 2. The zero-order valence-electron chi connectivity index (χ0n) is 12.4. The fourth-order valence-electron chi connectivity index (χ4n) is 3.77. The van der Waals surface area contributed by atoms with Gasteiger partial charge in [-0.25, -0.2) is 0 Å². The Hall–Kier alpha value is -1.43. The van der Waals surface area contributed by atoms with Gasteiger partial charge in [0.15, 0.2) is 5.78 Å². The summed E-state index contributed by atoms with van der Waals surface area (Å²) in [7, 11) is 2.11. The van der Waals surface area contributed by atoms with Crippen molar-refractivity contribution < 1.29 is 18.0 Å². The Kier molecular flexibility index (Phi) is 3.97. The second-order valence-electron chi connectivity index (χ2n) is 6.37. The van der Waals surface area contributed by atoms with Gasteiger partial charge >= 0.3 is 6.18 Å². The lowest BCUT2D eigenvalue weighted by atomic mass is 9.76. The SMILES string of the molecule is CN1C2CCCC1CC(C(=O)c1ccc(C(F)(F)F)nc1)C2. The van der Waals surface area contributed by atoms with Crippen molar-refractivity contribution in [1.82, 2.24) is 9.88 Å². The molecule has 120 valence electrons. The molecule has 2 unspecified atom stereocenters. The number of carbonyl (C=O) groups excluding carboxylic acids is 1. The topological polar surface area (TPSA) is 33.2 Å². The number of Topliss-reactive ketones (excluding diaryl/α,β-unsaturated/α-hetero) is 1. The maximum atomic E-state index is 12.6. The Morgan fingerprint density at radius 3 is 2.36 bits per heavy atom. The van der Waals surface area contributed by atoms with Gasteiger partial charge in [0.25, 0.3) is 0 Å². The molecule has 2 saturated heterocycles. The number of hydrogen-bond donors (Lipinski definition) is 0. The van der Waals surface area contributed by atoms with E-state index in [9.17, 15) is 18.0 Å². The molecule has 6 heteroatoms. The number of nitrogens with zero attached hydrogens (tertiary/aromatic N) is 2. The molecular formula is C16H19F3N2O. The minimum atomic E-state index is -4.47. The number of fused-ring (bicyclic) bond motifs is 2. The molecule has 3 rings (SSSR count). The third kappa shape index (κ3) is 2.89. The Balaban J connectivity index is 1.74. The average Bonchev–Trinajstić information content (AvgIpc) is 2.45. The van der Waals surface area contributed by atoms with Gasteiger partial charge in [0.05, 0.1) is 0 Å². The van der Waals surface area contributed by atoms with E-state index in [1.54, 1.807) is 0 Å². The van der Waals surface area contributed by atoms with Crippen LogP contribution in [0, 0.1) is 5.92 Å². The van der Waals surface area contributed by atoms with E-state index in [1.165, 1.54) is 12.5 Å². The van der Waals surface area contributed by atoms with Gasteiger partial charge in [-0.05, 0) is 44.9 Å². The summed E-state index contributed by atoms with van der Waals surface area (Å²) in [5, 5.41) is 0. The number of ketones is 1. The molecule has 0 spiro atoms. The minimum absolute atomic E-state index is 0.0637. The maximum Gasteiger partial charge on any atom is 0.433 e. The van der Waals surface area contributed by atoms with Gasteiger partial charge in [-0.15, -0.1) is 0 Å². The van der Waals surface area contributed by atoms with Crippen LogP contribution in [0.2, 0.25) is 0 Å². The molecule has 1 aromatic rings. The molecule has 22 heavy (non-hydrogen) atoms. The highest BCUT2D eigenvalue weighted by Gasteiger charge is 2.39. The normalized spacial score (nSPS) is 29.4. The lowest BCUT2D eigenvalue weighted by Gasteiger charge is -2.46. The molecule has 2 bridgehead atoms. The van der Waals surface area contributed by atoms with E-state index >= 15 is 0 Å². The summed E-state index contributed by atoms with van der Waals surface area (Å²) in [6, 6.07) is 2.99. The third-order valence-corrected chi connectivity index (χ3v) is 5.05. The molecule has 1 aromatic heterocycles. The fourth-order valence-corrected chi connectivity index (χ4v) is 3.77. The summed E-state index contributed by atoms with van der Waals surface area (Å²) in [5.41, 5.74) is -0.662. The number of aromatic nitrogens is 1. The first kappa shape index (κ1) is 15.5. The van der Waals surface area contributed by atoms with Crippen LogP contribution in [0.1, 0.15) is 48.2 Å². The first-order valence-corrected chi connectivity index (χ1v) is 7.65. The van der Waals surface area contributed by atoms with Crippen molar-refractivity contribution in [2.75, 3.05) is 7.05 Å². The lowest BCUT2D eigenvalue weighted by Crippen LogP contribution is -2.51. The van der Waals surface area contributed by atoms with Crippen molar-refractivity contribution >= 4 is 5.78 Å². The number of halogens is 3. The van der Waals surface area contributed by atoms with Crippen LogP contribution in [-0.2, 0) is 6.18 Å². The van der Waals surface area contributed by atoms with E-state index in [4.69, 9.17) is 0 Å². The summed E-state index contributed by atoms with van der Waals surface area (Å²) in [6.45, 7) is 0. The van der Waals surface area contributed by atoms with Crippen LogP contribution in [0.4, 0.5) is 13.2 Å². The van der Waals surface area contributed by atoms with Crippen LogP contribution >= 0.6 is 0 Å². The molecule has 3 nitrogen and oxygen atoms in total. The Morgan fingerprint density at radius 1 is 1.23 bits per heavy atom. The summed E-state index contributed by atoms with van der Waals surface area (Å²) in [6.07, 6.45) is 1.59. The van der Waals surface area contributed by atoms with Crippen LogP contribution in [0.25, 0.3) is 0 Å². The number of hydrogen-bond acceptors (Lipinski definition) is 3. The quantitative estimate of drug-likeness (QED) is 0.783. The third-order valence-electron chi connectivity index (χ3n) is 5.05. The van der Waals surface area contributed by atoms with E-state index in [0.717, 1.165) is 37.9 Å². The molecular weight excluding hydrogens is 293 g/mol. The standard InChI is InChI=1S/C16H19F3N2O/c1-21-12-3-2-4-13(21)8-11(7-12)15(22)10-5-6-14(20-9-10)16(17,18)19/h5-6,9,11-13H,2-4,7-8H2,1H3. The predicted molar refractivity (Wildman–Crippen MR) is 75.5 cm³/mol. The van der Waals surface area contributed by atoms with Gasteiger partial charge in [-0.3, -0.25) is 9.78 Å².